The molecule has 0 bridgehead atoms. The van der Waals surface area contributed by atoms with Gasteiger partial charge in [0.25, 0.3) is 0 Å². The molecule has 1 aliphatic carbocycles. The SMILES string of the molecule is CN(C)C(=O)CCNC1CC(c2cccc(F)c2)C1. The third-order valence-corrected chi connectivity index (χ3v) is 3.73. The molecule has 1 saturated carbocycles. The van der Waals surface area contributed by atoms with Gasteiger partial charge in [-0.1, -0.05) is 12.1 Å². The molecule has 104 valence electrons. The molecular weight excluding hydrogens is 243 g/mol. The number of nitrogens with one attached hydrogen (secondary N) is 1. The molecule has 0 radical (unpaired) electrons. The van der Waals surface area contributed by atoms with Gasteiger partial charge in [-0.15, -0.1) is 0 Å². The van der Waals surface area contributed by atoms with Gasteiger partial charge in [-0.3, -0.25) is 4.79 Å². The summed E-state index contributed by atoms with van der Waals surface area (Å²) in [6.45, 7) is 0.720. The quantitative estimate of drug-likeness (QED) is 0.883. The Kier molecular flexibility index (Phi) is 4.53. The average Bonchev–Trinajstić information content (AvgIpc) is 2.31. The molecule has 0 aliphatic heterocycles. The van der Waals surface area contributed by atoms with E-state index in [1.807, 2.05) is 6.07 Å². The van der Waals surface area contributed by atoms with Gasteiger partial charge in [-0.2, -0.15) is 0 Å². The highest BCUT2D eigenvalue weighted by Gasteiger charge is 2.29. The van der Waals surface area contributed by atoms with Crippen molar-refractivity contribution in [3.8, 4) is 0 Å². The Morgan fingerprint density at radius 1 is 1.42 bits per heavy atom. The first-order valence-corrected chi connectivity index (χ1v) is 6.75. The molecule has 0 unspecified atom stereocenters. The minimum atomic E-state index is -0.162. The zero-order valence-electron chi connectivity index (χ0n) is 11.5. The van der Waals surface area contributed by atoms with Crippen LogP contribution in [0.15, 0.2) is 24.3 Å². The maximum atomic E-state index is 13.1. The van der Waals surface area contributed by atoms with Crippen LogP contribution in [0.2, 0.25) is 0 Å². The lowest BCUT2D eigenvalue weighted by Gasteiger charge is -2.36. The number of hydrogen-bond acceptors (Lipinski definition) is 2. The summed E-state index contributed by atoms with van der Waals surface area (Å²) in [5.74, 6) is 0.441. The van der Waals surface area contributed by atoms with Crippen molar-refractivity contribution in [1.82, 2.24) is 10.2 Å². The van der Waals surface area contributed by atoms with Crippen LogP contribution in [0.1, 0.15) is 30.7 Å². The average molecular weight is 264 g/mol. The first-order valence-electron chi connectivity index (χ1n) is 6.75. The molecule has 1 aromatic rings. The van der Waals surface area contributed by atoms with Crippen molar-refractivity contribution in [2.24, 2.45) is 0 Å². The number of hydrogen-bond donors (Lipinski definition) is 1. The highest BCUT2D eigenvalue weighted by molar-refractivity contribution is 5.75. The number of rotatable bonds is 5. The Hall–Kier alpha value is -1.42. The smallest absolute Gasteiger partial charge is 0.223 e. The fourth-order valence-electron chi connectivity index (χ4n) is 2.42. The van der Waals surface area contributed by atoms with Gasteiger partial charge in [-0.25, -0.2) is 4.39 Å². The highest BCUT2D eigenvalue weighted by atomic mass is 19.1. The lowest BCUT2D eigenvalue weighted by atomic mass is 9.76. The molecule has 0 spiro atoms. The molecule has 19 heavy (non-hydrogen) atoms. The van der Waals surface area contributed by atoms with E-state index in [9.17, 15) is 9.18 Å². The van der Waals surface area contributed by atoms with Gasteiger partial charge in [0.15, 0.2) is 0 Å². The third kappa shape index (κ3) is 3.77. The number of halogens is 1. The summed E-state index contributed by atoms with van der Waals surface area (Å²) < 4.78 is 13.1. The fourth-order valence-corrected chi connectivity index (χ4v) is 2.42. The summed E-state index contributed by atoms with van der Waals surface area (Å²) in [4.78, 5) is 13.0. The second-order valence-corrected chi connectivity index (χ2v) is 5.41. The lowest BCUT2D eigenvalue weighted by molar-refractivity contribution is -0.128. The summed E-state index contributed by atoms with van der Waals surface area (Å²) in [5.41, 5.74) is 1.09. The van der Waals surface area contributed by atoms with Gasteiger partial charge >= 0.3 is 0 Å². The molecule has 1 aromatic carbocycles. The van der Waals surface area contributed by atoms with Crippen LogP contribution < -0.4 is 5.32 Å². The van der Waals surface area contributed by atoms with Crippen LogP contribution in [-0.2, 0) is 4.79 Å². The summed E-state index contributed by atoms with van der Waals surface area (Å²) in [6.07, 6.45) is 2.59. The number of amides is 1. The predicted octanol–water partition coefficient (Wildman–Crippen LogP) is 2.14. The van der Waals surface area contributed by atoms with Crippen LogP contribution in [-0.4, -0.2) is 37.5 Å². The topological polar surface area (TPSA) is 32.3 Å². The van der Waals surface area contributed by atoms with E-state index in [0.29, 0.717) is 18.4 Å². The van der Waals surface area contributed by atoms with Gasteiger partial charge in [0.1, 0.15) is 5.82 Å². The lowest BCUT2D eigenvalue weighted by Crippen LogP contribution is -2.41. The normalized spacial score (nSPS) is 21.8. The van der Waals surface area contributed by atoms with Gasteiger partial charge in [0.2, 0.25) is 5.91 Å². The van der Waals surface area contributed by atoms with Crippen molar-refractivity contribution >= 4 is 5.91 Å². The number of benzene rings is 1. The molecule has 1 fully saturated rings. The second-order valence-electron chi connectivity index (χ2n) is 5.41. The van der Waals surface area contributed by atoms with E-state index in [1.165, 1.54) is 6.07 Å². The van der Waals surface area contributed by atoms with E-state index >= 15 is 0 Å². The molecular formula is C15H21FN2O. The maximum absolute atomic E-state index is 13.1. The molecule has 2 rings (SSSR count). The third-order valence-electron chi connectivity index (χ3n) is 3.73. The summed E-state index contributed by atoms with van der Waals surface area (Å²) >= 11 is 0. The highest BCUT2D eigenvalue weighted by Crippen LogP contribution is 2.36. The molecule has 4 heteroatoms. The van der Waals surface area contributed by atoms with Crippen molar-refractivity contribution in [3.63, 3.8) is 0 Å². The van der Waals surface area contributed by atoms with E-state index in [4.69, 9.17) is 0 Å². The fraction of sp³-hybridized carbons (Fsp3) is 0.533. The largest absolute Gasteiger partial charge is 0.349 e. The standard InChI is InChI=1S/C15H21FN2O/c1-18(2)15(19)6-7-17-14-9-12(10-14)11-4-3-5-13(16)8-11/h3-5,8,12,14,17H,6-7,9-10H2,1-2H3. The van der Waals surface area contributed by atoms with Crippen molar-refractivity contribution in [1.29, 1.82) is 0 Å². The second kappa shape index (κ2) is 6.15. The molecule has 0 saturated heterocycles. The van der Waals surface area contributed by atoms with E-state index in [0.717, 1.165) is 24.9 Å². The first-order chi connectivity index (χ1) is 9.06. The van der Waals surface area contributed by atoms with Crippen molar-refractivity contribution in [2.75, 3.05) is 20.6 Å². The Balaban J connectivity index is 1.68. The Morgan fingerprint density at radius 2 is 2.16 bits per heavy atom. The maximum Gasteiger partial charge on any atom is 0.223 e. The summed E-state index contributed by atoms with van der Waals surface area (Å²) in [7, 11) is 3.54. The van der Waals surface area contributed by atoms with Crippen LogP contribution in [0.3, 0.4) is 0 Å². The molecule has 0 aromatic heterocycles. The number of nitrogens with zero attached hydrogens (tertiary/aromatic N) is 1. The molecule has 0 heterocycles. The van der Waals surface area contributed by atoms with E-state index in [1.54, 1.807) is 31.1 Å². The van der Waals surface area contributed by atoms with Crippen molar-refractivity contribution < 1.29 is 9.18 Å². The molecule has 1 N–H and O–H groups in total. The van der Waals surface area contributed by atoms with Gasteiger partial charge in [-0.05, 0) is 36.5 Å². The van der Waals surface area contributed by atoms with Crippen molar-refractivity contribution in [3.05, 3.63) is 35.6 Å². The van der Waals surface area contributed by atoms with Gasteiger partial charge in [0, 0.05) is 33.1 Å². The molecule has 3 nitrogen and oxygen atoms in total. The van der Waals surface area contributed by atoms with Crippen LogP contribution in [0, 0.1) is 5.82 Å². The number of carbonyl (C=O) groups is 1. The summed E-state index contributed by atoms with van der Waals surface area (Å²) in [6, 6.07) is 7.31. The van der Waals surface area contributed by atoms with Crippen LogP contribution in [0.4, 0.5) is 4.39 Å². The Labute approximate surface area is 113 Å². The molecule has 1 aliphatic rings. The summed E-state index contributed by atoms with van der Waals surface area (Å²) in [5, 5.41) is 3.38. The monoisotopic (exact) mass is 264 g/mol. The Bertz CT molecular complexity index is 442. The molecule has 0 atom stereocenters. The first kappa shape index (κ1) is 14.0. The van der Waals surface area contributed by atoms with Crippen molar-refractivity contribution in [2.45, 2.75) is 31.2 Å². The van der Waals surface area contributed by atoms with Gasteiger partial charge < -0.3 is 10.2 Å². The van der Waals surface area contributed by atoms with E-state index in [2.05, 4.69) is 5.32 Å². The van der Waals surface area contributed by atoms with Gasteiger partial charge in [0.05, 0.1) is 0 Å². The minimum Gasteiger partial charge on any atom is -0.349 e. The van der Waals surface area contributed by atoms with Crippen LogP contribution in [0.5, 0.6) is 0 Å². The predicted molar refractivity (Wildman–Crippen MR) is 73.5 cm³/mol. The Morgan fingerprint density at radius 3 is 2.79 bits per heavy atom. The zero-order chi connectivity index (χ0) is 13.8. The van der Waals surface area contributed by atoms with E-state index < -0.39 is 0 Å². The zero-order valence-corrected chi connectivity index (χ0v) is 11.5. The number of carbonyl (C=O) groups excluding carboxylic acids is 1. The van der Waals surface area contributed by atoms with Crippen LogP contribution >= 0.6 is 0 Å². The molecule has 1 amide bonds. The minimum absolute atomic E-state index is 0.147. The van der Waals surface area contributed by atoms with Crippen LogP contribution in [0.25, 0.3) is 0 Å². The van der Waals surface area contributed by atoms with E-state index in [-0.39, 0.29) is 11.7 Å².